The molecule has 1 fully saturated rings. The van der Waals surface area contributed by atoms with Gasteiger partial charge in [0, 0.05) is 25.2 Å². The molecule has 6 heteroatoms. The van der Waals surface area contributed by atoms with Crippen molar-refractivity contribution in [2.24, 2.45) is 0 Å². The van der Waals surface area contributed by atoms with Crippen LogP contribution in [0.15, 0.2) is 47.4 Å². The zero-order valence-electron chi connectivity index (χ0n) is 16.6. The van der Waals surface area contributed by atoms with Crippen LogP contribution in [0.5, 0.6) is 0 Å². The van der Waals surface area contributed by atoms with E-state index in [0.717, 1.165) is 25.7 Å². The van der Waals surface area contributed by atoms with E-state index in [-0.39, 0.29) is 10.8 Å². The lowest BCUT2D eigenvalue weighted by atomic mass is 10.1. The maximum atomic E-state index is 12.9. The van der Waals surface area contributed by atoms with Gasteiger partial charge in [-0.05, 0) is 62.8 Å². The van der Waals surface area contributed by atoms with Crippen molar-refractivity contribution in [2.75, 3.05) is 19.6 Å². The Hall–Kier alpha value is -2.18. The molecule has 1 saturated heterocycles. The van der Waals surface area contributed by atoms with Crippen molar-refractivity contribution in [1.82, 2.24) is 9.62 Å². The fourth-order valence-electron chi connectivity index (χ4n) is 3.55. The largest absolute Gasteiger partial charge is 0.352 e. The summed E-state index contributed by atoms with van der Waals surface area (Å²) in [5, 5.41) is 2.90. The number of carbonyl (C=O) groups excluding carboxylic acids is 1. The number of hydrogen-bond donors (Lipinski definition) is 1. The molecule has 1 amide bonds. The third-order valence-electron chi connectivity index (χ3n) is 5.14. The number of amides is 1. The molecule has 1 aliphatic heterocycles. The quantitative estimate of drug-likeness (QED) is 0.724. The molecule has 0 unspecified atom stereocenters. The van der Waals surface area contributed by atoms with Gasteiger partial charge in [0.1, 0.15) is 0 Å². The molecule has 150 valence electrons. The van der Waals surface area contributed by atoms with Crippen LogP contribution in [0.2, 0.25) is 0 Å². The van der Waals surface area contributed by atoms with Gasteiger partial charge in [0.25, 0.3) is 5.91 Å². The molecule has 0 atom stereocenters. The molecule has 0 radical (unpaired) electrons. The summed E-state index contributed by atoms with van der Waals surface area (Å²) in [6.45, 7) is 5.49. The summed E-state index contributed by atoms with van der Waals surface area (Å²) in [5.41, 5.74) is 3.54. The van der Waals surface area contributed by atoms with Crippen LogP contribution in [0.3, 0.4) is 0 Å². The van der Waals surface area contributed by atoms with E-state index in [1.165, 1.54) is 21.5 Å². The van der Waals surface area contributed by atoms with Crippen LogP contribution in [0.1, 0.15) is 46.3 Å². The number of nitrogens with zero attached hydrogens (tertiary/aromatic N) is 1. The van der Waals surface area contributed by atoms with Crippen molar-refractivity contribution in [2.45, 2.75) is 44.4 Å². The Morgan fingerprint density at radius 3 is 2.54 bits per heavy atom. The van der Waals surface area contributed by atoms with Crippen LogP contribution < -0.4 is 5.32 Å². The molecule has 3 rings (SSSR count). The number of nitrogens with one attached hydrogen (secondary N) is 1. The average molecular weight is 401 g/mol. The Morgan fingerprint density at radius 2 is 1.82 bits per heavy atom. The van der Waals surface area contributed by atoms with Gasteiger partial charge in [0.05, 0.1) is 4.90 Å². The number of sulfonamides is 1. The maximum absolute atomic E-state index is 12.9. The first-order valence-electron chi connectivity index (χ1n) is 9.82. The molecule has 5 nitrogen and oxygen atoms in total. The highest BCUT2D eigenvalue weighted by Gasteiger charge is 2.29. The maximum Gasteiger partial charge on any atom is 0.251 e. The van der Waals surface area contributed by atoms with E-state index in [1.807, 2.05) is 6.07 Å². The summed E-state index contributed by atoms with van der Waals surface area (Å²) in [4.78, 5) is 12.7. The van der Waals surface area contributed by atoms with Crippen LogP contribution in [0, 0.1) is 13.8 Å². The first-order valence-corrected chi connectivity index (χ1v) is 11.3. The van der Waals surface area contributed by atoms with Crippen LogP contribution >= 0.6 is 0 Å². The molecular weight excluding hydrogens is 372 g/mol. The molecule has 1 heterocycles. The van der Waals surface area contributed by atoms with E-state index in [0.29, 0.717) is 30.8 Å². The van der Waals surface area contributed by atoms with E-state index >= 15 is 0 Å². The monoisotopic (exact) mass is 400 g/mol. The summed E-state index contributed by atoms with van der Waals surface area (Å²) in [5.74, 6) is -0.234. The Balaban J connectivity index is 1.62. The van der Waals surface area contributed by atoms with Gasteiger partial charge in [-0.15, -0.1) is 0 Å². The van der Waals surface area contributed by atoms with E-state index in [9.17, 15) is 13.2 Å². The summed E-state index contributed by atoms with van der Waals surface area (Å²) >= 11 is 0. The van der Waals surface area contributed by atoms with E-state index in [1.54, 1.807) is 19.1 Å². The SMILES string of the molecule is Cc1cccc(CCCNC(=O)c2ccc(C)c(S(=O)(=O)N3CCCC3)c2)c1. The van der Waals surface area contributed by atoms with E-state index < -0.39 is 10.0 Å². The highest BCUT2D eigenvalue weighted by Crippen LogP contribution is 2.24. The summed E-state index contributed by atoms with van der Waals surface area (Å²) in [6, 6.07) is 13.3. The normalized spacial score (nSPS) is 14.9. The second kappa shape index (κ2) is 8.88. The highest BCUT2D eigenvalue weighted by atomic mass is 32.2. The smallest absolute Gasteiger partial charge is 0.251 e. The lowest BCUT2D eigenvalue weighted by molar-refractivity contribution is 0.0953. The number of aryl methyl sites for hydroxylation is 3. The van der Waals surface area contributed by atoms with Gasteiger partial charge >= 0.3 is 0 Å². The molecule has 0 bridgehead atoms. The van der Waals surface area contributed by atoms with Gasteiger partial charge in [-0.2, -0.15) is 4.31 Å². The lowest BCUT2D eigenvalue weighted by Gasteiger charge is -2.17. The molecule has 2 aromatic rings. The van der Waals surface area contributed by atoms with Gasteiger partial charge in [0.15, 0.2) is 0 Å². The molecule has 0 aromatic heterocycles. The summed E-state index contributed by atoms with van der Waals surface area (Å²) in [7, 11) is -3.54. The molecule has 0 aliphatic carbocycles. The third-order valence-corrected chi connectivity index (χ3v) is 7.18. The zero-order valence-corrected chi connectivity index (χ0v) is 17.4. The van der Waals surface area contributed by atoms with E-state index in [2.05, 4.69) is 30.4 Å². The highest BCUT2D eigenvalue weighted by molar-refractivity contribution is 7.89. The second-order valence-corrected chi connectivity index (χ2v) is 9.35. The number of rotatable bonds is 7. The summed E-state index contributed by atoms with van der Waals surface area (Å²) < 4.78 is 27.3. The van der Waals surface area contributed by atoms with Crippen molar-refractivity contribution < 1.29 is 13.2 Å². The van der Waals surface area contributed by atoms with Gasteiger partial charge in [-0.3, -0.25) is 4.79 Å². The first kappa shape index (κ1) is 20.6. The predicted molar refractivity (Wildman–Crippen MR) is 111 cm³/mol. The zero-order chi connectivity index (χ0) is 20.1. The average Bonchev–Trinajstić information content (AvgIpc) is 3.21. The Kier molecular flexibility index (Phi) is 6.52. The number of carbonyl (C=O) groups is 1. The van der Waals surface area contributed by atoms with Gasteiger partial charge < -0.3 is 5.32 Å². The fourth-order valence-corrected chi connectivity index (χ4v) is 5.32. The van der Waals surface area contributed by atoms with Crippen molar-refractivity contribution >= 4 is 15.9 Å². The van der Waals surface area contributed by atoms with Gasteiger partial charge in [0.2, 0.25) is 10.0 Å². The number of benzene rings is 2. The Bertz CT molecular complexity index is 948. The lowest BCUT2D eigenvalue weighted by Crippen LogP contribution is -2.29. The number of hydrogen-bond acceptors (Lipinski definition) is 3. The molecule has 1 aliphatic rings. The van der Waals surface area contributed by atoms with Crippen molar-refractivity contribution in [1.29, 1.82) is 0 Å². The minimum Gasteiger partial charge on any atom is -0.352 e. The Morgan fingerprint density at radius 1 is 1.07 bits per heavy atom. The van der Waals surface area contributed by atoms with Crippen molar-refractivity contribution in [3.05, 3.63) is 64.7 Å². The first-order chi connectivity index (χ1) is 13.4. The van der Waals surface area contributed by atoms with Crippen LogP contribution in [0.25, 0.3) is 0 Å². The fraction of sp³-hybridized carbons (Fsp3) is 0.409. The standard InChI is InChI=1S/C22H28N2O3S/c1-17-7-5-8-19(15-17)9-6-12-23-22(25)20-11-10-18(2)21(16-20)28(26,27)24-13-3-4-14-24/h5,7-8,10-11,15-16H,3-4,6,9,12-14H2,1-2H3,(H,23,25). The molecule has 0 saturated carbocycles. The minimum absolute atomic E-state index is 0.234. The Labute approximate surface area is 167 Å². The van der Waals surface area contributed by atoms with E-state index in [4.69, 9.17) is 0 Å². The van der Waals surface area contributed by atoms with Gasteiger partial charge in [-0.1, -0.05) is 35.9 Å². The molecule has 28 heavy (non-hydrogen) atoms. The molecule has 2 aromatic carbocycles. The minimum atomic E-state index is -3.54. The van der Waals surface area contributed by atoms with Crippen LogP contribution in [-0.4, -0.2) is 38.3 Å². The molecule has 0 spiro atoms. The van der Waals surface area contributed by atoms with Crippen molar-refractivity contribution in [3.63, 3.8) is 0 Å². The molecule has 1 N–H and O–H groups in total. The van der Waals surface area contributed by atoms with Crippen LogP contribution in [0.4, 0.5) is 0 Å². The van der Waals surface area contributed by atoms with Crippen molar-refractivity contribution in [3.8, 4) is 0 Å². The molecular formula is C22H28N2O3S. The third kappa shape index (κ3) is 4.80. The second-order valence-electron chi connectivity index (χ2n) is 7.44. The topological polar surface area (TPSA) is 66.5 Å². The predicted octanol–water partition coefficient (Wildman–Crippen LogP) is 3.45. The van der Waals surface area contributed by atoms with Crippen LogP contribution in [-0.2, 0) is 16.4 Å². The summed E-state index contributed by atoms with van der Waals surface area (Å²) in [6.07, 6.45) is 3.50. The van der Waals surface area contributed by atoms with Gasteiger partial charge in [-0.25, -0.2) is 8.42 Å².